The predicted octanol–water partition coefficient (Wildman–Crippen LogP) is 22.7. The number of carbonyl (C=O) groups excluding carboxylic acids is 3. The fourth-order valence-corrected chi connectivity index (χ4v) is 9.44. The van der Waals surface area contributed by atoms with Gasteiger partial charge in [-0.25, -0.2) is 0 Å². The number of esters is 3. The van der Waals surface area contributed by atoms with Crippen LogP contribution in [0.2, 0.25) is 0 Å². The molecule has 0 N–H and O–H groups in total. The van der Waals surface area contributed by atoms with Gasteiger partial charge in [-0.2, -0.15) is 0 Å². The number of allylic oxidation sites excluding steroid dienone is 14. The molecule has 6 nitrogen and oxygen atoms in total. The summed E-state index contributed by atoms with van der Waals surface area (Å²) in [5.74, 6) is -0.872. The minimum absolute atomic E-state index is 0.0747. The summed E-state index contributed by atoms with van der Waals surface area (Å²) in [7, 11) is 0. The van der Waals surface area contributed by atoms with Gasteiger partial charge in [0, 0.05) is 19.3 Å². The summed E-state index contributed by atoms with van der Waals surface area (Å²) in [4.78, 5) is 38.1. The summed E-state index contributed by atoms with van der Waals surface area (Å²) in [6.07, 6.45) is 86.2. The summed E-state index contributed by atoms with van der Waals surface area (Å²) in [6, 6.07) is 0. The largest absolute Gasteiger partial charge is 0.462 e. The van der Waals surface area contributed by atoms with Gasteiger partial charge < -0.3 is 14.2 Å². The highest BCUT2D eigenvalue weighted by Crippen LogP contribution is 2.17. The van der Waals surface area contributed by atoms with Crippen LogP contribution < -0.4 is 0 Å². The number of carbonyl (C=O) groups is 3. The zero-order valence-electron chi connectivity index (χ0n) is 51.0. The Morgan fingerprint density at radius 1 is 0.273 bits per heavy atom. The molecule has 0 aromatic rings. The fourth-order valence-electron chi connectivity index (χ4n) is 9.44. The van der Waals surface area contributed by atoms with E-state index in [1.165, 1.54) is 193 Å². The summed E-state index contributed by atoms with van der Waals surface area (Å²) in [5.41, 5.74) is 0. The van der Waals surface area contributed by atoms with E-state index >= 15 is 0 Å². The van der Waals surface area contributed by atoms with E-state index in [4.69, 9.17) is 14.2 Å². The maximum Gasteiger partial charge on any atom is 0.306 e. The number of rotatable bonds is 60. The van der Waals surface area contributed by atoms with Crippen molar-refractivity contribution in [1.82, 2.24) is 0 Å². The Hall–Kier alpha value is -3.41. The van der Waals surface area contributed by atoms with Crippen LogP contribution in [0.4, 0.5) is 0 Å². The third kappa shape index (κ3) is 63.3. The van der Waals surface area contributed by atoms with Gasteiger partial charge in [0.25, 0.3) is 0 Å². The third-order valence-electron chi connectivity index (χ3n) is 14.4. The molecule has 0 aliphatic rings. The number of ether oxygens (including phenoxy) is 3. The van der Waals surface area contributed by atoms with Crippen LogP contribution in [-0.4, -0.2) is 37.2 Å². The molecule has 1 atom stereocenters. The van der Waals surface area contributed by atoms with Gasteiger partial charge in [0.1, 0.15) is 13.2 Å². The Morgan fingerprint density at radius 3 is 0.792 bits per heavy atom. The second-order valence-corrected chi connectivity index (χ2v) is 22.0. The molecule has 1 unspecified atom stereocenters. The summed E-state index contributed by atoms with van der Waals surface area (Å²) in [6.45, 7) is 6.50. The molecule has 0 spiro atoms. The molecule has 0 bridgehead atoms. The maximum absolute atomic E-state index is 12.9. The van der Waals surface area contributed by atoms with Gasteiger partial charge in [-0.15, -0.1) is 0 Å². The Morgan fingerprint density at radius 2 is 0.506 bits per heavy atom. The van der Waals surface area contributed by atoms with Crippen molar-refractivity contribution >= 4 is 17.9 Å². The zero-order valence-corrected chi connectivity index (χ0v) is 51.0. The van der Waals surface area contributed by atoms with Gasteiger partial charge in [0.05, 0.1) is 0 Å². The smallest absolute Gasteiger partial charge is 0.306 e. The summed E-state index contributed by atoms with van der Waals surface area (Å²) in [5, 5.41) is 0. The predicted molar refractivity (Wildman–Crippen MR) is 334 cm³/mol. The average Bonchev–Trinajstić information content (AvgIpc) is 3.43. The van der Waals surface area contributed by atoms with Crippen molar-refractivity contribution in [1.29, 1.82) is 0 Å². The number of hydrogen-bond acceptors (Lipinski definition) is 6. The van der Waals surface area contributed by atoms with Crippen molar-refractivity contribution in [2.75, 3.05) is 13.2 Å². The first-order valence-corrected chi connectivity index (χ1v) is 33.1. The molecule has 0 aromatic heterocycles. The lowest BCUT2D eigenvalue weighted by atomic mass is 10.0. The van der Waals surface area contributed by atoms with E-state index in [0.717, 1.165) is 96.3 Å². The van der Waals surface area contributed by atoms with Crippen LogP contribution >= 0.6 is 0 Å². The van der Waals surface area contributed by atoms with E-state index in [-0.39, 0.29) is 31.1 Å². The van der Waals surface area contributed by atoms with Gasteiger partial charge in [0.2, 0.25) is 0 Å². The minimum atomic E-state index is -0.775. The van der Waals surface area contributed by atoms with Crippen LogP contribution in [0.1, 0.15) is 329 Å². The molecule has 0 amide bonds. The summed E-state index contributed by atoms with van der Waals surface area (Å²) < 4.78 is 16.9. The molecule has 444 valence electrons. The van der Waals surface area contributed by atoms with Crippen molar-refractivity contribution < 1.29 is 28.6 Å². The Balaban J connectivity index is 4.11. The SMILES string of the molecule is CC/C=C\C/C=C\C/C=C\C/C=C\C/C=C\CCCCCCCCCCCCCC(=O)OCC(COC(=O)CCCCCCCCC)OC(=O)CCCCCCCCCCCCCCC/C=C\C/C=C\CCCCCCC. The molecule has 6 heteroatoms. The zero-order chi connectivity index (χ0) is 55.7. The standard InChI is InChI=1S/C71H124O6/c1-4-7-10-13-16-18-20-22-24-26-28-30-32-34-35-37-38-40-42-44-46-48-50-52-55-58-61-64-70(73)76-67-68(66-75-69(72)63-60-57-54-15-12-9-6-3)77-71(74)65-62-59-56-53-51-49-47-45-43-41-39-36-33-31-29-27-25-23-21-19-17-14-11-8-5-2/h7,10,16,18,21-24,27-30,34-35,68H,4-6,8-9,11-15,17,19-20,25-26,31-33,36-67H2,1-3H3/b10-7-,18-16-,23-21-,24-22-,29-27-,30-28-,35-34-. The van der Waals surface area contributed by atoms with Crippen LogP contribution in [0.3, 0.4) is 0 Å². The first-order chi connectivity index (χ1) is 38.0. The van der Waals surface area contributed by atoms with Crippen molar-refractivity contribution in [3.63, 3.8) is 0 Å². The maximum atomic E-state index is 12.9. The molecule has 77 heavy (non-hydrogen) atoms. The van der Waals surface area contributed by atoms with Gasteiger partial charge in [-0.3, -0.25) is 14.4 Å². The van der Waals surface area contributed by atoms with E-state index in [0.29, 0.717) is 19.3 Å². The molecule has 0 fully saturated rings. The van der Waals surface area contributed by atoms with E-state index in [1.807, 2.05) is 0 Å². The van der Waals surface area contributed by atoms with E-state index < -0.39 is 6.10 Å². The first-order valence-electron chi connectivity index (χ1n) is 33.1. The Labute approximate surface area is 477 Å². The lowest BCUT2D eigenvalue weighted by Crippen LogP contribution is -2.30. The van der Waals surface area contributed by atoms with Crippen LogP contribution in [0, 0.1) is 0 Å². The molecule has 0 aliphatic heterocycles. The van der Waals surface area contributed by atoms with E-state index in [2.05, 4.69) is 106 Å². The highest BCUT2D eigenvalue weighted by atomic mass is 16.6. The average molecular weight is 1070 g/mol. The molecular weight excluding hydrogens is 949 g/mol. The highest BCUT2D eigenvalue weighted by Gasteiger charge is 2.19. The summed E-state index contributed by atoms with van der Waals surface area (Å²) >= 11 is 0. The molecule has 0 radical (unpaired) electrons. The quantitative estimate of drug-likeness (QED) is 0.0261. The Bertz CT molecular complexity index is 1470. The van der Waals surface area contributed by atoms with Crippen LogP contribution in [0.15, 0.2) is 85.1 Å². The molecule has 0 heterocycles. The Kier molecular flexibility index (Phi) is 62.2. The van der Waals surface area contributed by atoms with Crippen molar-refractivity contribution in [3.8, 4) is 0 Å². The topological polar surface area (TPSA) is 78.9 Å². The van der Waals surface area contributed by atoms with E-state index in [9.17, 15) is 14.4 Å². The molecular formula is C71H124O6. The van der Waals surface area contributed by atoms with Crippen molar-refractivity contribution in [3.05, 3.63) is 85.1 Å². The lowest BCUT2D eigenvalue weighted by molar-refractivity contribution is -0.167. The monoisotopic (exact) mass is 1070 g/mol. The van der Waals surface area contributed by atoms with Crippen molar-refractivity contribution in [2.45, 2.75) is 335 Å². The first kappa shape index (κ1) is 73.6. The highest BCUT2D eigenvalue weighted by molar-refractivity contribution is 5.71. The fraction of sp³-hybridized carbons (Fsp3) is 0.761. The van der Waals surface area contributed by atoms with Gasteiger partial charge in [0.15, 0.2) is 6.10 Å². The van der Waals surface area contributed by atoms with Crippen molar-refractivity contribution in [2.24, 2.45) is 0 Å². The number of hydrogen-bond donors (Lipinski definition) is 0. The molecule has 0 saturated heterocycles. The molecule has 0 aliphatic carbocycles. The van der Waals surface area contributed by atoms with Crippen LogP contribution in [-0.2, 0) is 28.6 Å². The van der Waals surface area contributed by atoms with E-state index in [1.54, 1.807) is 0 Å². The second kappa shape index (κ2) is 65.1. The third-order valence-corrected chi connectivity index (χ3v) is 14.4. The lowest BCUT2D eigenvalue weighted by Gasteiger charge is -2.18. The molecule has 0 saturated carbocycles. The van der Waals surface area contributed by atoms with Crippen LogP contribution in [0.25, 0.3) is 0 Å². The second-order valence-electron chi connectivity index (χ2n) is 22.0. The van der Waals surface area contributed by atoms with Gasteiger partial charge >= 0.3 is 17.9 Å². The molecule has 0 rings (SSSR count). The van der Waals surface area contributed by atoms with Crippen LogP contribution in [0.5, 0.6) is 0 Å². The van der Waals surface area contributed by atoms with Gasteiger partial charge in [-0.05, 0) is 96.3 Å². The number of unbranched alkanes of at least 4 members (excludes halogenated alkanes) is 35. The molecule has 0 aromatic carbocycles. The van der Waals surface area contributed by atoms with Gasteiger partial charge in [-0.1, -0.05) is 298 Å². The normalized spacial score (nSPS) is 12.6. The minimum Gasteiger partial charge on any atom is -0.462 e.